The molecule has 8 nitrogen and oxygen atoms in total. The van der Waals surface area contributed by atoms with Crippen LogP contribution in [0.25, 0.3) is 0 Å². The molecule has 0 atom stereocenters. The summed E-state index contributed by atoms with van der Waals surface area (Å²) >= 11 is 0. The van der Waals surface area contributed by atoms with Crippen molar-refractivity contribution in [2.75, 3.05) is 13.2 Å². The van der Waals surface area contributed by atoms with Crippen LogP contribution in [0.1, 0.15) is 18.1 Å². The van der Waals surface area contributed by atoms with Crippen LogP contribution >= 0.6 is 0 Å². The molecule has 0 saturated carbocycles. The zero-order chi connectivity index (χ0) is 23.7. The Labute approximate surface area is 193 Å². The minimum Gasteiger partial charge on any atom is -0.504 e. The maximum Gasteiger partial charge on any atom is 0.255 e. The summed E-state index contributed by atoms with van der Waals surface area (Å²) in [5.74, 6) is -0.290. The van der Waals surface area contributed by atoms with Gasteiger partial charge in [0.1, 0.15) is 0 Å². The molecule has 3 rings (SSSR count). The molecule has 0 fully saturated rings. The first-order chi connectivity index (χ1) is 15.9. The maximum absolute atomic E-state index is 13.2. The molecular weight excluding hydrogens is 442 g/mol. The van der Waals surface area contributed by atoms with Crippen LogP contribution in [0.5, 0.6) is 11.5 Å². The molecule has 0 spiro atoms. The number of phenols is 1. The summed E-state index contributed by atoms with van der Waals surface area (Å²) in [6, 6.07) is 21.7. The van der Waals surface area contributed by atoms with E-state index in [0.29, 0.717) is 17.9 Å². The van der Waals surface area contributed by atoms with Crippen molar-refractivity contribution >= 4 is 22.1 Å². The molecule has 0 aliphatic rings. The summed E-state index contributed by atoms with van der Waals surface area (Å²) < 4.78 is 32.8. The van der Waals surface area contributed by atoms with E-state index in [1.807, 2.05) is 6.07 Å². The third kappa shape index (κ3) is 6.64. The molecule has 3 aromatic rings. The SMILES string of the molecule is CCOc1cc(/C=N/NC(=O)CN(Cc2ccccc2)S(=O)(=O)c2ccccc2)ccc1O. The number of nitrogens with one attached hydrogen (secondary N) is 1. The van der Waals surface area contributed by atoms with Crippen LogP contribution in [0.3, 0.4) is 0 Å². The molecule has 0 bridgehead atoms. The number of ether oxygens (including phenoxy) is 1. The normalized spacial score (nSPS) is 11.6. The van der Waals surface area contributed by atoms with Crippen molar-refractivity contribution in [2.45, 2.75) is 18.4 Å². The number of nitrogens with zero attached hydrogens (tertiary/aromatic N) is 2. The van der Waals surface area contributed by atoms with Gasteiger partial charge in [-0.15, -0.1) is 0 Å². The number of carbonyl (C=O) groups excluding carboxylic acids is 1. The molecule has 0 aliphatic carbocycles. The number of amides is 1. The Kier molecular flexibility index (Phi) is 8.17. The van der Waals surface area contributed by atoms with E-state index in [2.05, 4.69) is 10.5 Å². The van der Waals surface area contributed by atoms with Gasteiger partial charge in [0.15, 0.2) is 11.5 Å². The second-order valence-electron chi connectivity index (χ2n) is 7.03. The highest BCUT2D eigenvalue weighted by molar-refractivity contribution is 7.89. The molecule has 0 aromatic heterocycles. The molecule has 3 aromatic carbocycles. The van der Waals surface area contributed by atoms with Gasteiger partial charge in [-0.25, -0.2) is 13.8 Å². The standard InChI is InChI=1S/C24H25N3O5S/c1-2-32-23-15-20(13-14-22(23)28)16-25-26-24(29)18-27(17-19-9-5-3-6-10-19)33(30,31)21-11-7-4-8-12-21/h3-16,28H,2,17-18H2,1H3,(H,26,29)/b25-16+. The lowest BCUT2D eigenvalue weighted by Crippen LogP contribution is -2.39. The smallest absolute Gasteiger partial charge is 0.255 e. The lowest BCUT2D eigenvalue weighted by molar-refractivity contribution is -0.121. The highest BCUT2D eigenvalue weighted by Gasteiger charge is 2.26. The molecule has 172 valence electrons. The van der Waals surface area contributed by atoms with Gasteiger partial charge in [-0.1, -0.05) is 48.5 Å². The van der Waals surface area contributed by atoms with Crippen LogP contribution in [0.15, 0.2) is 88.9 Å². The average molecular weight is 468 g/mol. The van der Waals surface area contributed by atoms with Crippen molar-refractivity contribution in [1.29, 1.82) is 0 Å². The molecular formula is C24H25N3O5S. The monoisotopic (exact) mass is 467 g/mol. The highest BCUT2D eigenvalue weighted by Crippen LogP contribution is 2.26. The number of aromatic hydroxyl groups is 1. The molecule has 2 N–H and O–H groups in total. The van der Waals surface area contributed by atoms with Crippen LogP contribution < -0.4 is 10.2 Å². The third-order valence-electron chi connectivity index (χ3n) is 4.59. The molecule has 0 saturated heterocycles. The Morgan fingerprint density at radius 1 is 1.06 bits per heavy atom. The van der Waals surface area contributed by atoms with Crippen molar-refractivity contribution in [1.82, 2.24) is 9.73 Å². The summed E-state index contributed by atoms with van der Waals surface area (Å²) in [7, 11) is -3.91. The minimum atomic E-state index is -3.91. The fourth-order valence-corrected chi connectivity index (χ4v) is 4.42. The Bertz CT molecular complexity index is 1200. The van der Waals surface area contributed by atoms with E-state index in [4.69, 9.17) is 4.74 Å². The first-order valence-corrected chi connectivity index (χ1v) is 11.7. The van der Waals surface area contributed by atoms with Crippen molar-refractivity contribution < 1.29 is 23.1 Å². The predicted molar refractivity (Wildman–Crippen MR) is 125 cm³/mol. The molecule has 0 heterocycles. The quantitative estimate of drug-likeness (QED) is 0.352. The van der Waals surface area contributed by atoms with Crippen molar-refractivity contribution in [2.24, 2.45) is 5.10 Å². The number of phenolic OH excluding ortho intramolecular Hbond substituents is 1. The summed E-state index contributed by atoms with van der Waals surface area (Å²) in [5.41, 5.74) is 3.70. The van der Waals surface area contributed by atoms with E-state index in [-0.39, 0.29) is 17.2 Å². The lowest BCUT2D eigenvalue weighted by Gasteiger charge is -2.21. The van der Waals surface area contributed by atoms with E-state index < -0.39 is 22.5 Å². The first kappa shape index (κ1) is 24.0. The Morgan fingerprint density at radius 3 is 2.39 bits per heavy atom. The van der Waals surface area contributed by atoms with Gasteiger partial charge in [0.2, 0.25) is 10.0 Å². The Morgan fingerprint density at radius 2 is 1.73 bits per heavy atom. The largest absolute Gasteiger partial charge is 0.504 e. The number of hydrogen-bond donors (Lipinski definition) is 2. The zero-order valence-electron chi connectivity index (χ0n) is 18.1. The Hall–Kier alpha value is -3.69. The first-order valence-electron chi connectivity index (χ1n) is 10.3. The zero-order valence-corrected chi connectivity index (χ0v) is 18.9. The topological polar surface area (TPSA) is 108 Å². The fourth-order valence-electron chi connectivity index (χ4n) is 3.01. The highest BCUT2D eigenvalue weighted by atomic mass is 32.2. The van der Waals surface area contributed by atoms with Gasteiger partial charge in [0, 0.05) is 6.54 Å². The average Bonchev–Trinajstić information content (AvgIpc) is 2.82. The van der Waals surface area contributed by atoms with Gasteiger partial charge in [-0.2, -0.15) is 9.41 Å². The van der Waals surface area contributed by atoms with E-state index in [0.717, 1.165) is 9.87 Å². The fraction of sp³-hybridized carbons (Fsp3) is 0.167. The number of carbonyl (C=O) groups is 1. The Balaban J connectivity index is 1.73. The predicted octanol–water partition coefficient (Wildman–Crippen LogP) is 3.13. The summed E-state index contributed by atoms with van der Waals surface area (Å²) in [6.45, 7) is 1.80. The second kappa shape index (κ2) is 11.3. The molecule has 0 unspecified atom stereocenters. The second-order valence-corrected chi connectivity index (χ2v) is 8.96. The van der Waals surface area contributed by atoms with Crippen LogP contribution in [0.2, 0.25) is 0 Å². The van der Waals surface area contributed by atoms with Crippen molar-refractivity contribution in [3.8, 4) is 11.5 Å². The van der Waals surface area contributed by atoms with Crippen LogP contribution in [0.4, 0.5) is 0 Å². The van der Waals surface area contributed by atoms with E-state index >= 15 is 0 Å². The lowest BCUT2D eigenvalue weighted by atomic mass is 10.2. The van der Waals surface area contributed by atoms with Gasteiger partial charge in [0.05, 0.1) is 24.3 Å². The number of sulfonamides is 1. The maximum atomic E-state index is 13.2. The molecule has 0 aliphatic heterocycles. The van der Waals surface area contributed by atoms with Crippen LogP contribution in [-0.2, 0) is 21.4 Å². The van der Waals surface area contributed by atoms with Gasteiger partial charge in [-0.3, -0.25) is 4.79 Å². The molecule has 9 heteroatoms. The van der Waals surface area contributed by atoms with Gasteiger partial charge < -0.3 is 9.84 Å². The van der Waals surface area contributed by atoms with Gasteiger partial charge in [-0.05, 0) is 48.4 Å². The third-order valence-corrected chi connectivity index (χ3v) is 6.40. The van der Waals surface area contributed by atoms with Crippen molar-refractivity contribution in [3.63, 3.8) is 0 Å². The number of hydrogen-bond acceptors (Lipinski definition) is 6. The van der Waals surface area contributed by atoms with Gasteiger partial charge in [0.25, 0.3) is 5.91 Å². The molecule has 0 radical (unpaired) electrons. The molecule has 33 heavy (non-hydrogen) atoms. The number of benzene rings is 3. The van der Waals surface area contributed by atoms with E-state index in [1.54, 1.807) is 61.5 Å². The number of hydrazone groups is 1. The summed E-state index contributed by atoms with van der Waals surface area (Å²) in [4.78, 5) is 12.6. The summed E-state index contributed by atoms with van der Waals surface area (Å²) in [5, 5.41) is 13.7. The summed E-state index contributed by atoms with van der Waals surface area (Å²) in [6.07, 6.45) is 1.38. The van der Waals surface area contributed by atoms with Crippen LogP contribution in [-0.4, -0.2) is 43.1 Å². The van der Waals surface area contributed by atoms with Crippen LogP contribution in [0, 0.1) is 0 Å². The van der Waals surface area contributed by atoms with Crippen molar-refractivity contribution in [3.05, 3.63) is 90.0 Å². The molecule has 1 amide bonds. The van der Waals surface area contributed by atoms with Gasteiger partial charge >= 0.3 is 0 Å². The van der Waals surface area contributed by atoms with E-state index in [9.17, 15) is 18.3 Å². The minimum absolute atomic E-state index is 0.000655. The van der Waals surface area contributed by atoms with E-state index in [1.165, 1.54) is 24.4 Å². The number of rotatable bonds is 10.